The van der Waals surface area contributed by atoms with Gasteiger partial charge in [0.15, 0.2) is 15.7 Å². The lowest BCUT2D eigenvalue weighted by atomic mass is 10.1. The Hall–Kier alpha value is -2.48. The Balaban J connectivity index is 2.04. The molecule has 8 heteroatoms. The standard InChI is InChI=1S/C17H13F3N2O2S/c1-2-25(23,24)14-7-4-11(5-8-14)16-21-10-12-3-6-13(17(18,19)20)9-15(12)22-16/h3-10H,2H2,1H3. The number of hydrogen-bond donors (Lipinski definition) is 0. The summed E-state index contributed by atoms with van der Waals surface area (Å²) in [4.78, 5) is 8.49. The first kappa shape index (κ1) is 17.3. The van der Waals surface area contributed by atoms with E-state index in [-0.39, 0.29) is 22.0 Å². The molecule has 0 saturated carbocycles. The molecule has 0 spiro atoms. The molecule has 0 aliphatic heterocycles. The maximum absolute atomic E-state index is 12.8. The van der Waals surface area contributed by atoms with Crippen LogP contribution < -0.4 is 0 Å². The molecule has 4 nitrogen and oxygen atoms in total. The van der Waals surface area contributed by atoms with Crippen molar-refractivity contribution in [3.63, 3.8) is 0 Å². The van der Waals surface area contributed by atoms with Gasteiger partial charge in [-0.2, -0.15) is 13.2 Å². The monoisotopic (exact) mass is 366 g/mol. The molecular weight excluding hydrogens is 353 g/mol. The molecule has 0 N–H and O–H groups in total. The van der Waals surface area contributed by atoms with Crippen molar-refractivity contribution < 1.29 is 21.6 Å². The van der Waals surface area contributed by atoms with Crippen LogP contribution in [0, 0.1) is 0 Å². The van der Waals surface area contributed by atoms with Crippen LogP contribution in [-0.4, -0.2) is 24.1 Å². The molecule has 1 heterocycles. The zero-order valence-corrected chi connectivity index (χ0v) is 13.9. The van der Waals surface area contributed by atoms with Crippen LogP contribution in [0.25, 0.3) is 22.3 Å². The van der Waals surface area contributed by atoms with Crippen LogP contribution in [0.3, 0.4) is 0 Å². The molecule has 0 fully saturated rings. The summed E-state index contributed by atoms with van der Waals surface area (Å²) in [6.07, 6.45) is -3.01. The van der Waals surface area contributed by atoms with Crippen molar-refractivity contribution in [3.05, 3.63) is 54.2 Å². The topological polar surface area (TPSA) is 59.9 Å². The van der Waals surface area contributed by atoms with Gasteiger partial charge in [0.2, 0.25) is 0 Å². The second-order valence-corrected chi connectivity index (χ2v) is 7.67. The van der Waals surface area contributed by atoms with Crippen molar-refractivity contribution in [2.24, 2.45) is 0 Å². The van der Waals surface area contributed by atoms with E-state index in [0.717, 1.165) is 12.1 Å². The summed E-state index contributed by atoms with van der Waals surface area (Å²) in [5.41, 5.74) is -0.0894. The summed E-state index contributed by atoms with van der Waals surface area (Å²) in [7, 11) is -3.32. The second-order valence-electron chi connectivity index (χ2n) is 5.39. The van der Waals surface area contributed by atoms with Gasteiger partial charge in [0.05, 0.1) is 21.7 Å². The zero-order chi connectivity index (χ0) is 18.2. The maximum atomic E-state index is 12.8. The highest BCUT2D eigenvalue weighted by atomic mass is 32.2. The lowest BCUT2D eigenvalue weighted by molar-refractivity contribution is -0.137. The highest BCUT2D eigenvalue weighted by molar-refractivity contribution is 7.91. The van der Waals surface area contributed by atoms with Crippen LogP contribution in [0.1, 0.15) is 12.5 Å². The van der Waals surface area contributed by atoms with Crippen molar-refractivity contribution in [3.8, 4) is 11.4 Å². The third-order valence-electron chi connectivity index (χ3n) is 3.76. The van der Waals surface area contributed by atoms with E-state index in [0.29, 0.717) is 10.9 Å². The number of benzene rings is 2. The molecule has 0 saturated heterocycles. The van der Waals surface area contributed by atoms with Crippen molar-refractivity contribution in [1.29, 1.82) is 0 Å². The molecule has 3 aromatic rings. The van der Waals surface area contributed by atoms with Crippen LogP contribution >= 0.6 is 0 Å². The van der Waals surface area contributed by atoms with Gasteiger partial charge >= 0.3 is 6.18 Å². The number of fused-ring (bicyclic) bond motifs is 1. The summed E-state index contributed by atoms with van der Waals surface area (Å²) in [6.45, 7) is 1.55. The zero-order valence-electron chi connectivity index (χ0n) is 13.1. The van der Waals surface area contributed by atoms with Gasteiger partial charge in [-0.3, -0.25) is 0 Å². The highest BCUT2D eigenvalue weighted by Gasteiger charge is 2.30. The molecular formula is C17H13F3N2O2S. The van der Waals surface area contributed by atoms with Crippen molar-refractivity contribution >= 4 is 20.7 Å². The van der Waals surface area contributed by atoms with E-state index in [1.165, 1.54) is 36.5 Å². The number of sulfone groups is 1. The number of alkyl halides is 3. The molecule has 1 aromatic heterocycles. The SMILES string of the molecule is CCS(=O)(=O)c1ccc(-c2ncc3ccc(C(F)(F)F)cc3n2)cc1. The summed E-state index contributed by atoms with van der Waals surface area (Å²) in [6, 6.07) is 9.22. The van der Waals surface area contributed by atoms with E-state index >= 15 is 0 Å². The second kappa shape index (κ2) is 6.11. The Morgan fingerprint density at radius 1 is 1.04 bits per heavy atom. The fourth-order valence-electron chi connectivity index (χ4n) is 2.32. The Morgan fingerprint density at radius 2 is 1.72 bits per heavy atom. The van der Waals surface area contributed by atoms with Crippen molar-refractivity contribution in [2.75, 3.05) is 5.75 Å². The molecule has 0 amide bonds. The van der Waals surface area contributed by atoms with Gasteiger partial charge < -0.3 is 0 Å². The summed E-state index contributed by atoms with van der Waals surface area (Å²) in [5, 5.41) is 0.488. The fraction of sp³-hybridized carbons (Fsp3) is 0.176. The first-order valence-electron chi connectivity index (χ1n) is 7.38. The van der Waals surface area contributed by atoms with Gasteiger partial charge in [0, 0.05) is 17.1 Å². The normalized spacial score (nSPS) is 12.5. The molecule has 2 aromatic carbocycles. The quantitative estimate of drug-likeness (QED) is 0.700. The van der Waals surface area contributed by atoms with Gasteiger partial charge in [0.1, 0.15) is 0 Å². The Labute approximate surface area is 142 Å². The van der Waals surface area contributed by atoms with Crippen molar-refractivity contribution in [2.45, 2.75) is 18.0 Å². The Kier molecular flexibility index (Phi) is 4.24. The predicted molar refractivity (Wildman–Crippen MR) is 87.7 cm³/mol. The molecule has 0 unspecified atom stereocenters. The lowest BCUT2D eigenvalue weighted by Gasteiger charge is -2.08. The van der Waals surface area contributed by atoms with E-state index < -0.39 is 21.6 Å². The van der Waals surface area contributed by atoms with Crippen LogP contribution in [0.2, 0.25) is 0 Å². The van der Waals surface area contributed by atoms with Crippen LogP contribution in [0.15, 0.2) is 53.6 Å². The fourth-order valence-corrected chi connectivity index (χ4v) is 3.20. The number of halogens is 3. The number of hydrogen-bond acceptors (Lipinski definition) is 4. The van der Waals surface area contributed by atoms with Gasteiger partial charge in [-0.05, 0) is 36.4 Å². The lowest BCUT2D eigenvalue weighted by Crippen LogP contribution is -2.05. The average molecular weight is 366 g/mol. The van der Waals surface area contributed by atoms with Gasteiger partial charge in [-0.1, -0.05) is 13.0 Å². The van der Waals surface area contributed by atoms with E-state index in [1.807, 2.05) is 0 Å². The minimum atomic E-state index is -4.45. The Bertz CT molecular complexity index is 1030. The molecule has 0 bridgehead atoms. The minimum Gasteiger partial charge on any atom is -0.236 e. The first-order chi connectivity index (χ1) is 11.7. The molecule has 0 radical (unpaired) electrons. The maximum Gasteiger partial charge on any atom is 0.416 e. The van der Waals surface area contributed by atoms with Gasteiger partial charge in [-0.25, -0.2) is 18.4 Å². The van der Waals surface area contributed by atoms with E-state index in [9.17, 15) is 21.6 Å². The molecule has 0 atom stereocenters. The molecule has 0 aliphatic carbocycles. The largest absolute Gasteiger partial charge is 0.416 e. The average Bonchev–Trinajstić information content (AvgIpc) is 2.60. The smallest absolute Gasteiger partial charge is 0.236 e. The summed E-state index contributed by atoms with van der Waals surface area (Å²) in [5.74, 6) is 0.214. The van der Waals surface area contributed by atoms with Crippen LogP contribution in [0.4, 0.5) is 13.2 Å². The number of aromatic nitrogens is 2. The summed E-state index contributed by atoms with van der Waals surface area (Å²) < 4.78 is 62.1. The first-order valence-corrected chi connectivity index (χ1v) is 9.03. The highest BCUT2D eigenvalue weighted by Crippen LogP contribution is 2.31. The molecule has 3 rings (SSSR count). The number of rotatable bonds is 3. The molecule has 0 aliphatic rings. The molecule has 25 heavy (non-hydrogen) atoms. The Morgan fingerprint density at radius 3 is 2.32 bits per heavy atom. The van der Waals surface area contributed by atoms with E-state index in [1.54, 1.807) is 6.92 Å². The van der Waals surface area contributed by atoms with Crippen LogP contribution in [0.5, 0.6) is 0 Å². The van der Waals surface area contributed by atoms with E-state index in [2.05, 4.69) is 9.97 Å². The minimum absolute atomic E-state index is 0.0148. The van der Waals surface area contributed by atoms with Gasteiger partial charge in [-0.15, -0.1) is 0 Å². The van der Waals surface area contributed by atoms with E-state index in [4.69, 9.17) is 0 Å². The molecule has 130 valence electrons. The van der Waals surface area contributed by atoms with Crippen LogP contribution in [-0.2, 0) is 16.0 Å². The summed E-state index contributed by atoms with van der Waals surface area (Å²) >= 11 is 0. The third-order valence-corrected chi connectivity index (χ3v) is 5.51. The predicted octanol–water partition coefficient (Wildman–Crippen LogP) is 4.11. The third kappa shape index (κ3) is 3.48. The number of nitrogens with zero attached hydrogens (tertiary/aromatic N) is 2. The van der Waals surface area contributed by atoms with Crippen molar-refractivity contribution in [1.82, 2.24) is 9.97 Å². The van der Waals surface area contributed by atoms with Gasteiger partial charge in [0.25, 0.3) is 0 Å².